The van der Waals surface area contributed by atoms with E-state index in [4.69, 9.17) is 0 Å². The Morgan fingerprint density at radius 2 is 1.86 bits per heavy atom. The number of carbonyl (C=O) groups is 2. The summed E-state index contributed by atoms with van der Waals surface area (Å²) in [5, 5.41) is 22.5. The average molecular weight is 590 g/mol. The van der Waals surface area contributed by atoms with Crippen molar-refractivity contribution in [1.82, 2.24) is 5.32 Å². The van der Waals surface area contributed by atoms with Crippen LogP contribution in [0.2, 0.25) is 0 Å². The van der Waals surface area contributed by atoms with Crippen LogP contribution in [-0.4, -0.2) is 41.1 Å². The number of hydrogen-bond donors (Lipinski definition) is 2. The molecule has 0 heterocycles. The quantitative estimate of drug-likeness (QED) is 0.219. The standard InChI is InChI=1S/C36H35N3O3S/c1-23-8-6-7-11-28(23)31-16-25(12-14-29(31)34(40)38-36(35(41)42)18-27(36)22-43-2)21-39(20-24-9-4-3-5-10-24)33-15-13-26(19-37)30-17-32(30)33/h3-15,25,27H,16-18,20-22H2,1-2H3,(H,38,40)(H,41,42). The second-order valence-electron chi connectivity index (χ2n) is 11.9. The number of carbonyl (C=O) groups excluding carboxylic acids is 1. The van der Waals surface area contributed by atoms with Crippen LogP contribution in [0.5, 0.6) is 0 Å². The lowest BCUT2D eigenvalue weighted by Gasteiger charge is -2.31. The molecule has 0 aromatic heterocycles. The summed E-state index contributed by atoms with van der Waals surface area (Å²) in [4.78, 5) is 28.4. The zero-order valence-corrected chi connectivity index (χ0v) is 25.3. The highest BCUT2D eigenvalue weighted by atomic mass is 32.2. The van der Waals surface area contributed by atoms with Gasteiger partial charge in [-0.15, -0.1) is 0 Å². The number of hydrogen-bond acceptors (Lipinski definition) is 5. The summed E-state index contributed by atoms with van der Waals surface area (Å²) in [6.07, 6.45) is 7.92. The van der Waals surface area contributed by atoms with Crippen LogP contribution in [0.25, 0.3) is 5.57 Å². The second-order valence-corrected chi connectivity index (χ2v) is 12.8. The fraction of sp³-hybridized carbons (Fsp3) is 0.306. The molecule has 1 fully saturated rings. The predicted octanol–water partition coefficient (Wildman–Crippen LogP) is 6.13. The Labute approximate surface area is 257 Å². The Morgan fingerprint density at radius 3 is 2.58 bits per heavy atom. The fourth-order valence-electron chi connectivity index (χ4n) is 6.48. The molecule has 0 radical (unpaired) electrons. The summed E-state index contributed by atoms with van der Waals surface area (Å²) in [7, 11) is 0. The molecule has 3 atom stereocenters. The number of nitrogens with one attached hydrogen (secondary N) is 1. The van der Waals surface area contributed by atoms with E-state index < -0.39 is 11.5 Å². The molecule has 2 N–H and O–H groups in total. The molecule has 3 aromatic rings. The van der Waals surface area contributed by atoms with Crippen LogP contribution in [0.1, 0.15) is 46.2 Å². The molecule has 1 saturated carbocycles. The molecule has 3 aromatic carbocycles. The number of benzene rings is 3. The third-order valence-electron chi connectivity index (χ3n) is 9.00. The van der Waals surface area contributed by atoms with Crippen molar-refractivity contribution in [3.63, 3.8) is 0 Å². The minimum Gasteiger partial charge on any atom is -0.479 e. The van der Waals surface area contributed by atoms with E-state index in [9.17, 15) is 20.0 Å². The second kappa shape index (κ2) is 11.8. The topological polar surface area (TPSA) is 93.4 Å². The van der Waals surface area contributed by atoms with E-state index in [1.54, 1.807) is 11.8 Å². The van der Waals surface area contributed by atoms with Crippen molar-refractivity contribution >= 4 is 34.9 Å². The van der Waals surface area contributed by atoms with Gasteiger partial charge in [0.15, 0.2) is 0 Å². The van der Waals surface area contributed by atoms with E-state index in [0.717, 1.165) is 53.0 Å². The van der Waals surface area contributed by atoms with E-state index in [2.05, 4.69) is 58.8 Å². The van der Waals surface area contributed by atoms with E-state index in [1.165, 1.54) is 11.1 Å². The van der Waals surface area contributed by atoms with Gasteiger partial charge in [0.05, 0.1) is 11.6 Å². The van der Waals surface area contributed by atoms with Gasteiger partial charge in [0, 0.05) is 36.7 Å². The number of thioether (sulfide) groups is 1. The first kappa shape index (κ1) is 28.8. The van der Waals surface area contributed by atoms with Crippen molar-refractivity contribution in [1.29, 1.82) is 5.26 Å². The average Bonchev–Trinajstić information content (AvgIpc) is 3.93. The Kier molecular flexibility index (Phi) is 7.89. The molecule has 218 valence electrons. The minimum absolute atomic E-state index is 0.0701. The van der Waals surface area contributed by atoms with Crippen LogP contribution >= 0.6 is 11.8 Å². The van der Waals surface area contributed by atoms with Gasteiger partial charge in [-0.25, -0.2) is 4.79 Å². The maximum absolute atomic E-state index is 13.8. The number of rotatable bonds is 11. The Balaban J connectivity index is 1.30. The van der Waals surface area contributed by atoms with Gasteiger partial charge in [-0.3, -0.25) is 4.79 Å². The van der Waals surface area contributed by atoms with Crippen LogP contribution in [0.15, 0.2) is 84.5 Å². The summed E-state index contributed by atoms with van der Waals surface area (Å²) in [6.45, 7) is 3.52. The summed E-state index contributed by atoms with van der Waals surface area (Å²) < 4.78 is 0. The van der Waals surface area contributed by atoms with Gasteiger partial charge in [0.25, 0.3) is 5.91 Å². The normalized spacial score (nSPS) is 21.5. The van der Waals surface area contributed by atoms with Gasteiger partial charge in [0.2, 0.25) is 0 Å². The SMILES string of the molecule is CSCC1CC1(NC(=O)C1=C(c2ccccc2C)CC(CN(Cc2ccccc2)c2ccc(C#N)c3c2C3)C=C1)C(=O)O. The monoisotopic (exact) mass is 589 g/mol. The summed E-state index contributed by atoms with van der Waals surface area (Å²) in [6, 6.07) is 24.8. The molecule has 6 rings (SSSR count). The number of carboxylic acids is 1. The lowest BCUT2D eigenvalue weighted by molar-refractivity contribution is -0.143. The van der Waals surface area contributed by atoms with E-state index in [0.29, 0.717) is 24.2 Å². The maximum Gasteiger partial charge on any atom is 0.329 e. The van der Waals surface area contributed by atoms with Crippen LogP contribution < -0.4 is 10.2 Å². The van der Waals surface area contributed by atoms with E-state index in [-0.39, 0.29) is 17.7 Å². The van der Waals surface area contributed by atoms with E-state index >= 15 is 0 Å². The first-order valence-electron chi connectivity index (χ1n) is 14.7. The number of aryl methyl sites for hydroxylation is 1. The van der Waals surface area contributed by atoms with Gasteiger partial charge in [-0.2, -0.15) is 17.0 Å². The number of aliphatic carboxylic acids is 1. The molecule has 3 aliphatic rings. The van der Waals surface area contributed by atoms with Crippen molar-refractivity contribution in [2.24, 2.45) is 11.8 Å². The van der Waals surface area contributed by atoms with Crippen molar-refractivity contribution in [3.05, 3.63) is 118 Å². The molecule has 7 heteroatoms. The zero-order chi connectivity index (χ0) is 30.1. The molecule has 1 amide bonds. The molecule has 3 aliphatic carbocycles. The van der Waals surface area contributed by atoms with Crippen molar-refractivity contribution in [3.8, 4) is 6.07 Å². The van der Waals surface area contributed by atoms with Crippen molar-refractivity contribution < 1.29 is 14.7 Å². The lowest BCUT2D eigenvalue weighted by atomic mass is 9.83. The summed E-state index contributed by atoms with van der Waals surface area (Å²) >= 11 is 1.60. The first-order chi connectivity index (χ1) is 20.8. The van der Waals surface area contributed by atoms with Gasteiger partial charge >= 0.3 is 5.97 Å². The predicted molar refractivity (Wildman–Crippen MR) is 172 cm³/mol. The molecular weight excluding hydrogens is 554 g/mol. The Bertz CT molecular complexity index is 1690. The number of nitriles is 1. The highest BCUT2D eigenvalue weighted by Crippen LogP contribution is 2.46. The number of amides is 1. The molecule has 3 unspecified atom stereocenters. The number of anilines is 1. The molecular formula is C36H35N3O3S. The molecule has 0 aliphatic heterocycles. The Morgan fingerprint density at radius 1 is 1.09 bits per heavy atom. The van der Waals surface area contributed by atoms with Crippen molar-refractivity contribution in [2.75, 3.05) is 23.5 Å². The molecule has 43 heavy (non-hydrogen) atoms. The summed E-state index contributed by atoms with van der Waals surface area (Å²) in [5.74, 6) is -0.532. The molecule has 6 nitrogen and oxygen atoms in total. The zero-order valence-electron chi connectivity index (χ0n) is 24.5. The fourth-order valence-corrected chi connectivity index (χ4v) is 7.29. The lowest BCUT2D eigenvalue weighted by Crippen LogP contribution is -2.46. The summed E-state index contributed by atoms with van der Waals surface area (Å²) in [5.41, 5.74) is 7.90. The van der Waals surface area contributed by atoms with Crippen LogP contribution in [0.3, 0.4) is 0 Å². The highest BCUT2D eigenvalue weighted by molar-refractivity contribution is 7.98. The third-order valence-corrected chi connectivity index (χ3v) is 9.74. The van der Waals surface area contributed by atoms with Crippen LogP contribution in [-0.2, 0) is 22.6 Å². The van der Waals surface area contributed by atoms with Crippen LogP contribution in [0.4, 0.5) is 5.69 Å². The first-order valence-corrected chi connectivity index (χ1v) is 16.1. The van der Waals surface area contributed by atoms with Gasteiger partial charge in [-0.05, 0) is 83.2 Å². The number of allylic oxidation sites excluding steroid dienone is 1. The number of fused-ring (bicyclic) bond motifs is 1. The third kappa shape index (κ3) is 5.72. The van der Waals surface area contributed by atoms with Gasteiger partial charge in [0.1, 0.15) is 5.54 Å². The molecule has 0 bridgehead atoms. The maximum atomic E-state index is 13.8. The largest absolute Gasteiger partial charge is 0.479 e. The van der Waals surface area contributed by atoms with Gasteiger partial charge in [-0.1, -0.05) is 66.7 Å². The van der Waals surface area contributed by atoms with Gasteiger partial charge < -0.3 is 15.3 Å². The van der Waals surface area contributed by atoms with E-state index in [1.807, 2.05) is 49.6 Å². The number of nitrogens with zero attached hydrogens (tertiary/aromatic N) is 2. The highest BCUT2D eigenvalue weighted by Gasteiger charge is 2.61. The smallest absolute Gasteiger partial charge is 0.329 e. The van der Waals surface area contributed by atoms with Crippen molar-refractivity contribution in [2.45, 2.75) is 38.3 Å². The Hall–Kier alpha value is -4.28. The number of carboxylic acid groups (broad SMARTS) is 1. The van der Waals surface area contributed by atoms with Crippen LogP contribution in [0, 0.1) is 30.1 Å². The molecule has 0 saturated heterocycles. The minimum atomic E-state index is -1.19. The molecule has 0 spiro atoms.